The summed E-state index contributed by atoms with van der Waals surface area (Å²) in [7, 11) is 0. The van der Waals surface area contributed by atoms with Crippen LogP contribution in [-0.2, 0) is 4.74 Å². The van der Waals surface area contributed by atoms with Crippen LogP contribution in [0, 0.1) is 5.92 Å². The van der Waals surface area contributed by atoms with Gasteiger partial charge in [0.15, 0.2) is 0 Å². The molecule has 1 saturated heterocycles. The second kappa shape index (κ2) is 11.9. The molecule has 0 bridgehead atoms. The summed E-state index contributed by atoms with van der Waals surface area (Å²) in [5, 5.41) is 6.38. The van der Waals surface area contributed by atoms with Crippen LogP contribution in [0.4, 0.5) is 11.4 Å². The van der Waals surface area contributed by atoms with Crippen molar-refractivity contribution in [3.05, 3.63) is 58.6 Å². The van der Waals surface area contributed by atoms with Crippen LogP contribution in [0.3, 0.4) is 0 Å². The maximum Gasteiger partial charge on any atom is 0.255 e. The second-order valence-corrected chi connectivity index (χ2v) is 8.61. The lowest BCUT2D eigenvalue weighted by Gasteiger charge is -2.33. The van der Waals surface area contributed by atoms with Gasteiger partial charge in [-0.1, -0.05) is 24.6 Å². The average Bonchev–Trinajstić information content (AvgIpc) is 2.79. The molecule has 0 unspecified atom stereocenters. The van der Waals surface area contributed by atoms with Crippen molar-refractivity contribution in [3.8, 4) is 0 Å². The van der Waals surface area contributed by atoms with E-state index in [0.717, 1.165) is 38.0 Å². The molecule has 1 fully saturated rings. The Hall–Kier alpha value is -2.57. The summed E-state index contributed by atoms with van der Waals surface area (Å²) in [4.78, 5) is 28.0. The smallest absolute Gasteiger partial charge is 0.255 e. The monoisotopic (exact) mass is 457 g/mol. The lowest BCUT2D eigenvalue weighted by molar-refractivity contribution is 0.0943. The van der Waals surface area contributed by atoms with E-state index in [-0.39, 0.29) is 11.8 Å². The number of nitrogens with one attached hydrogen (secondary N) is 2. The summed E-state index contributed by atoms with van der Waals surface area (Å²) in [5.74, 6) is 0.280. The molecule has 0 saturated carbocycles. The molecule has 2 N–H and O–H groups in total. The lowest BCUT2D eigenvalue weighted by atomic mass is 9.97. The maximum absolute atomic E-state index is 13.0. The SMILES string of the molecule is CCOCCCNC(=O)c1cc(NC(=O)c2cccc(Cl)c2)ccc1N1CCC(C)CC1. The first kappa shape index (κ1) is 24.1. The van der Waals surface area contributed by atoms with Crippen molar-refractivity contribution in [3.63, 3.8) is 0 Å². The van der Waals surface area contributed by atoms with E-state index in [1.807, 2.05) is 19.1 Å². The molecule has 0 radical (unpaired) electrons. The summed E-state index contributed by atoms with van der Waals surface area (Å²) < 4.78 is 5.35. The molecule has 172 valence electrons. The summed E-state index contributed by atoms with van der Waals surface area (Å²) in [6, 6.07) is 12.3. The number of hydrogen-bond donors (Lipinski definition) is 2. The van der Waals surface area contributed by atoms with Crippen molar-refractivity contribution in [1.82, 2.24) is 5.32 Å². The third-order valence-corrected chi connectivity index (χ3v) is 5.90. The largest absolute Gasteiger partial charge is 0.382 e. The number of benzene rings is 2. The first-order valence-corrected chi connectivity index (χ1v) is 11.7. The number of nitrogens with zero attached hydrogens (tertiary/aromatic N) is 1. The van der Waals surface area contributed by atoms with Crippen molar-refractivity contribution >= 4 is 34.8 Å². The minimum absolute atomic E-state index is 0.144. The van der Waals surface area contributed by atoms with Gasteiger partial charge in [-0.05, 0) is 68.5 Å². The van der Waals surface area contributed by atoms with E-state index < -0.39 is 0 Å². The standard InChI is InChI=1S/C25H32ClN3O3/c1-3-32-15-5-12-27-25(31)22-17-21(28-24(30)19-6-4-7-20(26)16-19)8-9-23(22)29-13-10-18(2)11-14-29/h4,6-9,16-18H,3,5,10-15H2,1-2H3,(H,27,31)(H,28,30). The summed E-state index contributed by atoms with van der Waals surface area (Å²) in [5.41, 5.74) is 2.51. The molecule has 3 rings (SSSR count). The Morgan fingerprint density at radius 3 is 2.62 bits per heavy atom. The molecule has 1 heterocycles. The van der Waals surface area contributed by atoms with Crippen molar-refractivity contribution in [2.45, 2.75) is 33.1 Å². The Morgan fingerprint density at radius 1 is 1.12 bits per heavy atom. The number of piperidine rings is 1. The number of halogens is 1. The van der Waals surface area contributed by atoms with Crippen LogP contribution in [0.25, 0.3) is 0 Å². The van der Waals surface area contributed by atoms with Gasteiger partial charge in [0.25, 0.3) is 11.8 Å². The van der Waals surface area contributed by atoms with Gasteiger partial charge in [-0.3, -0.25) is 9.59 Å². The maximum atomic E-state index is 13.0. The molecule has 2 amide bonds. The molecule has 2 aromatic rings. The Balaban J connectivity index is 1.78. The van der Waals surface area contributed by atoms with E-state index in [9.17, 15) is 9.59 Å². The minimum atomic E-state index is -0.268. The zero-order valence-corrected chi connectivity index (χ0v) is 19.6. The number of ether oxygens (including phenoxy) is 1. The van der Waals surface area contributed by atoms with Crippen LogP contribution in [0.5, 0.6) is 0 Å². The highest BCUT2D eigenvalue weighted by Crippen LogP contribution is 2.29. The summed E-state index contributed by atoms with van der Waals surface area (Å²) >= 11 is 6.01. The number of carbonyl (C=O) groups excluding carboxylic acids is 2. The third-order valence-electron chi connectivity index (χ3n) is 5.67. The fraction of sp³-hybridized carbons (Fsp3) is 0.440. The highest BCUT2D eigenvalue weighted by Gasteiger charge is 2.22. The van der Waals surface area contributed by atoms with Crippen molar-refractivity contribution in [1.29, 1.82) is 0 Å². The Bertz CT molecular complexity index is 926. The Kier molecular flexibility index (Phi) is 8.94. The normalized spacial score (nSPS) is 14.3. The van der Waals surface area contributed by atoms with Crippen LogP contribution in [-0.4, -0.2) is 44.7 Å². The van der Waals surface area contributed by atoms with E-state index >= 15 is 0 Å². The van der Waals surface area contributed by atoms with E-state index in [0.29, 0.717) is 47.5 Å². The van der Waals surface area contributed by atoms with E-state index in [4.69, 9.17) is 16.3 Å². The van der Waals surface area contributed by atoms with E-state index in [1.165, 1.54) is 0 Å². The van der Waals surface area contributed by atoms with Gasteiger partial charge < -0.3 is 20.3 Å². The summed E-state index contributed by atoms with van der Waals surface area (Å²) in [6.45, 7) is 7.86. The van der Waals surface area contributed by atoms with Gasteiger partial charge in [-0.25, -0.2) is 0 Å². The van der Waals surface area contributed by atoms with Crippen molar-refractivity contribution < 1.29 is 14.3 Å². The fourth-order valence-electron chi connectivity index (χ4n) is 3.77. The number of carbonyl (C=O) groups is 2. The molecular formula is C25H32ClN3O3. The highest BCUT2D eigenvalue weighted by molar-refractivity contribution is 6.31. The molecule has 0 spiro atoms. The number of amides is 2. The first-order valence-electron chi connectivity index (χ1n) is 11.3. The van der Waals surface area contributed by atoms with Gasteiger partial charge in [-0.15, -0.1) is 0 Å². The topological polar surface area (TPSA) is 70.7 Å². The molecule has 32 heavy (non-hydrogen) atoms. The fourth-order valence-corrected chi connectivity index (χ4v) is 3.96. The Labute approximate surface area is 195 Å². The highest BCUT2D eigenvalue weighted by atomic mass is 35.5. The number of rotatable bonds is 9. The van der Waals surface area contributed by atoms with Crippen LogP contribution in [0.1, 0.15) is 53.8 Å². The molecule has 0 aromatic heterocycles. The third kappa shape index (κ3) is 6.71. The van der Waals surface area contributed by atoms with Gasteiger partial charge >= 0.3 is 0 Å². The van der Waals surface area contributed by atoms with Crippen LogP contribution in [0.15, 0.2) is 42.5 Å². The molecule has 2 aromatic carbocycles. The van der Waals surface area contributed by atoms with Crippen LogP contribution >= 0.6 is 11.6 Å². The van der Waals surface area contributed by atoms with Gasteiger partial charge in [0.05, 0.1) is 5.56 Å². The zero-order chi connectivity index (χ0) is 22.9. The molecule has 0 aliphatic carbocycles. The molecule has 1 aliphatic rings. The van der Waals surface area contributed by atoms with Gasteiger partial charge in [0, 0.05) is 54.8 Å². The first-order chi connectivity index (χ1) is 15.5. The van der Waals surface area contributed by atoms with Crippen LogP contribution < -0.4 is 15.5 Å². The molecule has 7 heteroatoms. The number of anilines is 2. The minimum Gasteiger partial charge on any atom is -0.382 e. The van der Waals surface area contributed by atoms with Crippen molar-refractivity contribution in [2.75, 3.05) is 43.1 Å². The molecule has 1 aliphatic heterocycles. The van der Waals surface area contributed by atoms with E-state index in [2.05, 4.69) is 22.5 Å². The number of hydrogen-bond acceptors (Lipinski definition) is 4. The van der Waals surface area contributed by atoms with E-state index in [1.54, 1.807) is 30.3 Å². The van der Waals surface area contributed by atoms with Crippen LogP contribution in [0.2, 0.25) is 5.02 Å². The van der Waals surface area contributed by atoms with Gasteiger partial charge in [0.1, 0.15) is 0 Å². The predicted octanol–water partition coefficient (Wildman–Crippen LogP) is 4.99. The van der Waals surface area contributed by atoms with Gasteiger partial charge in [0.2, 0.25) is 0 Å². The quantitative estimate of drug-likeness (QED) is 0.520. The molecule has 6 nitrogen and oxygen atoms in total. The Morgan fingerprint density at radius 2 is 1.91 bits per heavy atom. The molecular weight excluding hydrogens is 426 g/mol. The van der Waals surface area contributed by atoms with Gasteiger partial charge in [-0.2, -0.15) is 0 Å². The molecule has 0 atom stereocenters. The average molecular weight is 458 g/mol. The second-order valence-electron chi connectivity index (χ2n) is 8.17. The van der Waals surface area contributed by atoms with Crippen molar-refractivity contribution in [2.24, 2.45) is 5.92 Å². The summed E-state index contributed by atoms with van der Waals surface area (Å²) in [6.07, 6.45) is 2.95. The lowest BCUT2D eigenvalue weighted by Crippen LogP contribution is -2.35. The predicted molar refractivity (Wildman–Crippen MR) is 130 cm³/mol. The zero-order valence-electron chi connectivity index (χ0n) is 18.8.